The Bertz CT molecular complexity index is 965. The van der Waals surface area contributed by atoms with Crippen LogP contribution in [0.15, 0.2) is 42.6 Å². The van der Waals surface area contributed by atoms with E-state index in [4.69, 9.17) is 23.2 Å². The minimum atomic E-state index is -1.34. The zero-order chi connectivity index (χ0) is 21.0. The van der Waals surface area contributed by atoms with Crippen molar-refractivity contribution >= 4 is 29.1 Å². The molecule has 29 heavy (non-hydrogen) atoms. The predicted molar refractivity (Wildman–Crippen MR) is 106 cm³/mol. The fourth-order valence-electron chi connectivity index (χ4n) is 2.64. The van der Waals surface area contributed by atoms with Gasteiger partial charge in [0.1, 0.15) is 18.5 Å². The van der Waals surface area contributed by atoms with Crippen molar-refractivity contribution < 1.29 is 14.3 Å². The predicted octanol–water partition coefficient (Wildman–Crippen LogP) is 2.23. The molecule has 0 saturated heterocycles. The van der Waals surface area contributed by atoms with Crippen LogP contribution < -0.4 is 5.32 Å². The Balaban J connectivity index is 1.73. The number of aliphatic hydroxyl groups excluding tert-OH is 1. The molecule has 152 valence electrons. The van der Waals surface area contributed by atoms with Crippen LogP contribution in [0.4, 0.5) is 4.39 Å². The number of nitrogens with one attached hydrogen (secondary N) is 1. The van der Waals surface area contributed by atoms with E-state index >= 15 is 0 Å². The quantitative estimate of drug-likeness (QED) is 0.547. The minimum absolute atomic E-state index is 0.424. The van der Waals surface area contributed by atoms with Gasteiger partial charge in [-0.05, 0) is 22.4 Å². The highest BCUT2D eigenvalue weighted by atomic mass is 35.5. The third-order valence-corrected chi connectivity index (χ3v) is 4.56. The Morgan fingerprint density at radius 1 is 1.21 bits per heavy atom. The molecule has 2 aromatic heterocycles. The number of benzene rings is 1. The first-order valence-corrected chi connectivity index (χ1v) is 9.39. The average molecular weight is 439 g/mol. The van der Waals surface area contributed by atoms with Gasteiger partial charge in [-0.3, -0.25) is 9.78 Å². The van der Waals surface area contributed by atoms with E-state index < -0.39 is 29.6 Å². The summed E-state index contributed by atoms with van der Waals surface area (Å²) in [7, 11) is 1.67. The number of amides is 1. The van der Waals surface area contributed by atoms with E-state index in [1.165, 1.54) is 4.80 Å². The van der Waals surface area contributed by atoms with E-state index in [-0.39, 0.29) is 0 Å². The smallest absolute Gasteiger partial charge is 0.253 e. The molecule has 3 rings (SSSR count). The third kappa shape index (κ3) is 5.06. The van der Waals surface area contributed by atoms with E-state index in [9.17, 15) is 14.3 Å². The Hall–Kier alpha value is -2.62. The maximum Gasteiger partial charge on any atom is 0.253 e. The molecular weight excluding hydrogens is 422 g/mol. The van der Waals surface area contributed by atoms with E-state index in [1.54, 1.807) is 43.6 Å². The molecule has 2 unspecified atom stereocenters. The average Bonchev–Trinajstić information content (AvgIpc) is 3.17. The summed E-state index contributed by atoms with van der Waals surface area (Å²) in [5, 5.41) is 24.4. The van der Waals surface area contributed by atoms with Gasteiger partial charge in [0.05, 0.1) is 13.1 Å². The molecule has 1 amide bonds. The molecule has 0 radical (unpaired) electrons. The van der Waals surface area contributed by atoms with Crippen molar-refractivity contribution in [2.75, 3.05) is 6.67 Å². The molecule has 0 aliphatic carbocycles. The van der Waals surface area contributed by atoms with Crippen LogP contribution in [0.2, 0.25) is 0 Å². The Kier molecular flexibility index (Phi) is 6.73. The number of alkyl halides is 3. The van der Waals surface area contributed by atoms with Crippen molar-refractivity contribution in [2.24, 2.45) is 7.05 Å². The molecule has 1 aromatic carbocycles. The van der Waals surface area contributed by atoms with Crippen molar-refractivity contribution in [2.45, 2.75) is 17.0 Å². The zero-order valence-electron chi connectivity index (χ0n) is 15.2. The Labute approximate surface area is 175 Å². The second kappa shape index (κ2) is 9.25. The molecule has 0 fully saturated rings. The first-order valence-electron chi connectivity index (χ1n) is 8.52. The van der Waals surface area contributed by atoms with Gasteiger partial charge in [-0.25, -0.2) is 4.39 Å². The molecule has 3 aromatic rings. The number of hydrogen-bond donors (Lipinski definition) is 2. The van der Waals surface area contributed by atoms with Gasteiger partial charge in [0.15, 0.2) is 4.84 Å². The van der Waals surface area contributed by atoms with Crippen molar-refractivity contribution in [3.8, 4) is 22.6 Å². The van der Waals surface area contributed by atoms with Crippen molar-refractivity contribution in [3.05, 3.63) is 48.2 Å². The summed E-state index contributed by atoms with van der Waals surface area (Å²) in [6.07, 6.45) is 0.413. The van der Waals surface area contributed by atoms with Crippen molar-refractivity contribution in [1.29, 1.82) is 0 Å². The molecule has 0 aliphatic rings. The maximum atomic E-state index is 13.3. The molecular formula is C18H17Cl2FN6O2. The molecule has 0 spiro atoms. The highest BCUT2D eigenvalue weighted by molar-refractivity contribution is 6.53. The number of tetrazole rings is 1. The second-order valence-electron chi connectivity index (χ2n) is 6.17. The van der Waals surface area contributed by atoms with Gasteiger partial charge in [0, 0.05) is 11.8 Å². The Morgan fingerprint density at radius 2 is 1.90 bits per heavy atom. The standard InChI is InChI=1S/C18H17Cl2FN6O2/c1-27-25-17(24-26-27)13-7-6-12(9-22-13)10-2-4-11(5-3-10)15(28)14(8-21)23-18(29)16(19)20/h2-7,9,14-16,28H,8H2,1H3,(H,23,29). The van der Waals surface area contributed by atoms with Crippen LogP contribution in [-0.2, 0) is 11.8 Å². The molecule has 8 nitrogen and oxygen atoms in total. The van der Waals surface area contributed by atoms with Crippen LogP contribution in [0.1, 0.15) is 11.7 Å². The zero-order valence-corrected chi connectivity index (χ0v) is 16.7. The summed E-state index contributed by atoms with van der Waals surface area (Å²) in [5.41, 5.74) is 2.70. The molecule has 11 heteroatoms. The van der Waals surface area contributed by atoms with Crippen LogP contribution in [0, 0.1) is 0 Å². The molecule has 2 N–H and O–H groups in total. The van der Waals surface area contributed by atoms with Crippen LogP contribution in [-0.4, -0.2) is 53.8 Å². The number of carbonyl (C=O) groups is 1. The lowest BCUT2D eigenvalue weighted by atomic mass is 9.99. The second-order valence-corrected chi connectivity index (χ2v) is 7.27. The SMILES string of the molecule is Cn1nnc(-c2ccc(-c3ccc(C(O)C(CF)NC(=O)C(Cl)Cl)cc3)cn2)n1. The molecule has 2 heterocycles. The number of aliphatic hydroxyl groups is 1. The fourth-order valence-corrected chi connectivity index (χ4v) is 2.76. The van der Waals surface area contributed by atoms with E-state index in [0.717, 1.165) is 11.1 Å². The summed E-state index contributed by atoms with van der Waals surface area (Å²) in [6.45, 7) is -0.975. The van der Waals surface area contributed by atoms with Crippen LogP contribution in [0.25, 0.3) is 22.6 Å². The van der Waals surface area contributed by atoms with Gasteiger partial charge in [-0.1, -0.05) is 53.5 Å². The summed E-state index contributed by atoms with van der Waals surface area (Å²) < 4.78 is 13.3. The van der Waals surface area contributed by atoms with Crippen LogP contribution in [0.3, 0.4) is 0 Å². The fraction of sp³-hybridized carbons (Fsp3) is 0.278. The van der Waals surface area contributed by atoms with Gasteiger partial charge in [0.2, 0.25) is 5.82 Å². The van der Waals surface area contributed by atoms with Gasteiger partial charge < -0.3 is 10.4 Å². The molecule has 0 aliphatic heterocycles. The monoisotopic (exact) mass is 438 g/mol. The van der Waals surface area contributed by atoms with Gasteiger partial charge in [-0.15, -0.1) is 10.2 Å². The van der Waals surface area contributed by atoms with Gasteiger partial charge >= 0.3 is 0 Å². The normalized spacial score (nSPS) is 13.3. The van der Waals surface area contributed by atoms with Crippen LogP contribution >= 0.6 is 23.2 Å². The number of aromatic nitrogens is 5. The maximum absolute atomic E-state index is 13.3. The number of aryl methyl sites for hydroxylation is 1. The third-order valence-electron chi connectivity index (χ3n) is 4.16. The topological polar surface area (TPSA) is 106 Å². The summed E-state index contributed by atoms with van der Waals surface area (Å²) >= 11 is 10.9. The molecule has 0 saturated carbocycles. The van der Waals surface area contributed by atoms with E-state index in [1.807, 2.05) is 6.07 Å². The van der Waals surface area contributed by atoms with Crippen LogP contribution in [0.5, 0.6) is 0 Å². The molecule has 0 bridgehead atoms. The number of rotatable bonds is 7. The lowest BCUT2D eigenvalue weighted by Crippen LogP contribution is -2.43. The molecule has 2 atom stereocenters. The van der Waals surface area contributed by atoms with E-state index in [2.05, 4.69) is 25.7 Å². The number of pyridine rings is 1. The van der Waals surface area contributed by atoms with Gasteiger partial charge in [-0.2, -0.15) is 4.80 Å². The lowest BCUT2D eigenvalue weighted by Gasteiger charge is -2.22. The number of hydrogen-bond acceptors (Lipinski definition) is 6. The number of carbonyl (C=O) groups excluding carboxylic acids is 1. The number of nitrogens with zero attached hydrogens (tertiary/aromatic N) is 5. The summed E-state index contributed by atoms with van der Waals surface area (Å²) in [6, 6.07) is 9.29. The summed E-state index contributed by atoms with van der Waals surface area (Å²) in [4.78, 5) is 15.9. The highest BCUT2D eigenvalue weighted by Gasteiger charge is 2.25. The minimum Gasteiger partial charge on any atom is -0.386 e. The lowest BCUT2D eigenvalue weighted by molar-refractivity contribution is -0.121. The first kappa shape index (κ1) is 21.1. The van der Waals surface area contributed by atoms with E-state index in [0.29, 0.717) is 17.1 Å². The van der Waals surface area contributed by atoms with Crippen molar-refractivity contribution in [3.63, 3.8) is 0 Å². The number of halogens is 3. The van der Waals surface area contributed by atoms with Gasteiger partial charge in [0.25, 0.3) is 5.91 Å². The first-order chi connectivity index (χ1) is 13.9. The highest BCUT2D eigenvalue weighted by Crippen LogP contribution is 2.24. The largest absolute Gasteiger partial charge is 0.386 e. The Morgan fingerprint density at radius 3 is 2.41 bits per heavy atom. The van der Waals surface area contributed by atoms with Crippen molar-refractivity contribution in [1.82, 2.24) is 30.5 Å². The summed E-state index contributed by atoms with van der Waals surface area (Å²) in [5.74, 6) is -0.344.